The van der Waals surface area contributed by atoms with Gasteiger partial charge in [-0.1, -0.05) is 12.1 Å². The molecule has 1 N–H and O–H groups in total. The summed E-state index contributed by atoms with van der Waals surface area (Å²) in [7, 11) is 1.72. The van der Waals surface area contributed by atoms with Crippen LogP contribution in [0.1, 0.15) is 17.2 Å². The van der Waals surface area contributed by atoms with Gasteiger partial charge in [0, 0.05) is 0 Å². The van der Waals surface area contributed by atoms with Crippen molar-refractivity contribution in [3.8, 4) is 12.1 Å². The monoisotopic (exact) mass is 171 g/mol. The van der Waals surface area contributed by atoms with E-state index in [1.54, 1.807) is 25.2 Å². The van der Waals surface area contributed by atoms with Crippen molar-refractivity contribution in [1.82, 2.24) is 5.32 Å². The third kappa shape index (κ3) is 2.05. The number of hydrogen-bond donors (Lipinski definition) is 1. The fourth-order valence-corrected chi connectivity index (χ4v) is 1.09. The van der Waals surface area contributed by atoms with E-state index in [2.05, 4.69) is 11.4 Å². The van der Waals surface area contributed by atoms with Crippen molar-refractivity contribution in [3.05, 3.63) is 35.4 Å². The molecule has 13 heavy (non-hydrogen) atoms. The molecule has 0 spiro atoms. The lowest BCUT2D eigenvalue weighted by atomic mass is 10.1. The summed E-state index contributed by atoms with van der Waals surface area (Å²) in [5, 5.41) is 20.2. The van der Waals surface area contributed by atoms with E-state index in [-0.39, 0.29) is 6.04 Å². The van der Waals surface area contributed by atoms with E-state index in [0.717, 1.165) is 5.56 Å². The van der Waals surface area contributed by atoms with Gasteiger partial charge >= 0.3 is 0 Å². The van der Waals surface area contributed by atoms with E-state index in [1.807, 2.05) is 12.1 Å². The molecule has 0 heterocycles. The first-order valence-electron chi connectivity index (χ1n) is 3.88. The van der Waals surface area contributed by atoms with Crippen LogP contribution in [-0.4, -0.2) is 7.05 Å². The highest BCUT2D eigenvalue weighted by Gasteiger charge is 2.06. The van der Waals surface area contributed by atoms with Crippen LogP contribution in [0.5, 0.6) is 0 Å². The van der Waals surface area contributed by atoms with Crippen LogP contribution in [-0.2, 0) is 0 Å². The van der Waals surface area contributed by atoms with Gasteiger partial charge in [-0.3, -0.25) is 0 Å². The Kier molecular flexibility index (Phi) is 3.03. The molecule has 1 aromatic rings. The molecular weight excluding hydrogens is 162 g/mol. The van der Waals surface area contributed by atoms with Gasteiger partial charge in [-0.05, 0) is 24.7 Å². The Hall–Kier alpha value is -1.84. The first-order valence-corrected chi connectivity index (χ1v) is 3.88. The van der Waals surface area contributed by atoms with E-state index in [4.69, 9.17) is 10.5 Å². The minimum atomic E-state index is -0.340. The van der Waals surface area contributed by atoms with E-state index in [9.17, 15) is 0 Å². The molecular formula is C10H9N3. The summed E-state index contributed by atoms with van der Waals surface area (Å²) >= 11 is 0. The highest BCUT2D eigenvalue weighted by molar-refractivity contribution is 5.35. The van der Waals surface area contributed by atoms with Gasteiger partial charge in [0.25, 0.3) is 0 Å². The van der Waals surface area contributed by atoms with Crippen LogP contribution in [0.3, 0.4) is 0 Å². The first kappa shape index (κ1) is 9.25. The summed E-state index contributed by atoms with van der Waals surface area (Å²) in [4.78, 5) is 0. The number of hydrogen-bond acceptors (Lipinski definition) is 3. The standard InChI is InChI=1S/C10H9N3/c1-13-10(7-12)9-4-2-3-8(5-9)6-11/h2-5,10,13H,1H3. The number of nitriles is 2. The molecule has 0 aliphatic rings. The fourth-order valence-electron chi connectivity index (χ4n) is 1.09. The molecule has 0 bridgehead atoms. The van der Waals surface area contributed by atoms with E-state index < -0.39 is 0 Å². The lowest BCUT2D eigenvalue weighted by Crippen LogP contribution is -2.13. The molecule has 0 fully saturated rings. The Balaban J connectivity index is 3.03. The van der Waals surface area contributed by atoms with Gasteiger partial charge in [-0.2, -0.15) is 10.5 Å². The number of nitrogens with one attached hydrogen (secondary N) is 1. The van der Waals surface area contributed by atoms with Gasteiger partial charge in [0.05, 0.1) is 17.7 Å². The maximum Gasteiger partial charge on any atom is 0.121 e. The predicted octanol–water partition coefficient (Wildman–Crippen LogP) is 1.34. The van der Waals surface area contributed by atoms with E-state index in [1.165, 1.54) is 0 Å². The Labute approximate surface area is 77.2 Å². The SMILES string of the molecule is CNC(C#N)c1cccc(C#N)c1. The Morgan fingerprint density at radius 1 is 1.38 bits per heavy atom. The highest BCUT2D eigenvalue weighted by atomic mass is 14.9. The number of rotatable bonds is 2. The minimum Gasteiger partial charge on any atom is -0.301 e. The largest absolute Gasteiger partial charge is 0.301 e. The predicted molar refractivity (Wildman–Crippen MR) is 48.6 cm³/mol. The highest BCUT2D eigenvalue weighted by Crippen LogP contribution is 2.12. The smallest absolute Gasteiger partial charge is 0.121 e. The van der Waals surface area contributed by atoms with Crippen molar-refractivity contribution in [2.45, 2.75) is 6.04 Å². The van der Waals surface area contributed by atoms with Crippen LogP contribution in [0.15, 0.2) is 24.3 Å². The Morgan fingerprint density at radius 2 is 2.15 bits per heavy atom. The molecule has 0 radical (unpaired) electrons. The van der Waals surface area contributed by atoms with Crippen LogP contribution in [0, 0.1) is 22.7 Å². The molecule has 0 aliphatic carbocycles. The molecule has 1 atom stereocenters. The van der Waals surface area contributed by atoms with E-state index >= 15 is 0 Å². The lowest BCUT2D eigenvalue weighted by molar-refractivity contribution is 0.727. The molecule has 64 valence electrons. The van der Waals surface area contributed by atoms with Crippen molar-refractivity contribution in [2.75, 3.05) is 7.05 Å². The van der Waals surface area contributed by atoms with Gasteiger partial charge < -0.3 is 5.32 Å². The zero-order valence-electron chi connectivity index (χ0n) is 7.28. The summed E-state index contributed by atoms with van der Waals surface area (Å²) in [6, 6.07) is 10.8. The van der Waals surface area contributed by atoms with Crippen LogP contribution in [0.4, 0.5) is 0 Å². The summed E-state index contributed by atoms with van der Waals surface area (Å²) in [5.41, 5.74) is 1.40. The average Bonchev–Trinajstić information content (AvgIpc) is 2.20. The van der Waals surface area contributed by atoms with Crippen LogP contribution >= 0.6 is 0 Å². The zero-order chi connectivity index (χ0) is 9.68. The summed E-state index contributed by atoms with van der Waals surface area (Å²) < 4.78 is 0. The topological polar surface area (TPSA) is 59.6 Å². The Bertz CT molecular complexity index is 370. The maximum absolute atomic E-state index is 8.75. The molecule has 3 nitrogen and oxygen atoms in total. The number of benzene rings is 1. The van der Waals surface area contributed by atoms with Crippen molar-refractivity contribution in [3.63, 3.8) is 0 Å². The van der Waals surface area contributed by atoms with Gasteiger partial charge in [0.1, 0.15) is 6.04 Å². The quantitative estimate of drug-likeness (QED) is 0.730. The van der Waals surface area contributed by atoms with Crippen molar-refractivity contribution in [1.29, 1.82) is 10.5 Å². The average molecular weight is 171 g/mol. The normalized spacial score (nSPS) is 11.3. The molecule has 0 amide bonds. The lowest BCUT2D eigenvalue weighted by Gasteiger charge is -2.06. The van der Waals surface area contributed by atoms with Crippen molar-refractivity contribution in [2.24, 2.45) is 0 Å². The summed E-state index contributed by atoms with van der Waals surface area (Å²) in [5.74, 6) is 0. The molecule has 0 saturated heterocycles. The van der Waals surface area contributed by atoms with Gasteiger partial charge in [-0.25, -0.2) is 0 Å². The van der Waals surface area contributed by atoms with Crippen LogP contribution in [0.25, 0.3) is 0 Å². The maximum atomic E-state index is 8.75. The molecule has 0 saturated carbocycles. The summed E-state index contributed by atoms with van der Waals surface area (Å²) in [6.07, 6.45) is 0. The van der Waals surface area contributed by atoms with Gasteiger partial charge in [0.2, 0.25) is 0 Å². The molecule has 1 unspecified atom stereocenters. The third-order valence-electron chi connectivity index (χ3n) is 1.77. The first-order chi connectivity index (χ1) is 6.31. The van der Waals surface area contributed by atoms with Crippen LogP contribution < -0.4 is 5.32 Å². The molecule has 0 aliphatic heterocycles. The van der Waals surface area contributed by atoms with Gasteiger partial charge in [0.15, 0.2) is 0 Å². The second-order valence-corrected chi connectivity index (χ2v) is 2.59. The summed E-state index contributed by atoms with van der Waals surface area (Å²) in [6.45, 7) is 0. The van der Waals surface area contributed by atoms with Crippen molar-refractivity contribution >= 4 is 0 Å². The molecule has 0 aromatic heterocycles. The molecule has 1 rings (SSSR count). The second kappa shape index (κ2) is 4.25. The van der Waals surface area contributed by atoms with Crippen molar-refractivity contribution < 1.29 is 0 Å². The fraction of sp³-hybridized carbons (Fsp3) is 0.200. The van der Waals surface area contributed by atoms with Crippen LogP contribution in [0.2, 0.25) is 0 Å². The Morgan fingerprint density at radius 3 is 2.69 bits per heavy atom. The number of nitrogens with zero attached hydrogens (tertiary/aromatic N) is 2. The van der Waals surface area contributed by atoms with E-state index in [0.29, 0.717) is 5.56 Å². The zero-order valence-corrected chi connectivity index (χ0v) is 7.28. The third-order valence-corrected chi connectivity index (χ3v) is 1.77. The molecule has 1 aromatic carbocycles. The molecule has 3 heteroatoms. The van der Waals surface area contributed by atoms with Gasteiger partial charge in [-0.15, -0.1) is 0 Å². The minimum absolute atomic E-state index is 0.340. The second-order valence-electron chi connectivity index (χ2n) is 2.59.